The van der Waals surface area contributed by atoms with Crippen molar-refractivity contribution in [3.63, 3.8) is 0 Å². The van der Waals surface area contributed by atoms with Crippen molar-refractivity contribution in [2.75, 3.05) is 13.7 Å². The molecule has 1 aliphatic heterocycles. The van der Waals surface area contributed by atoms with Gasteiger partial charge in [-0.1, -0.05) is 42.4 Å². The first kappa shape index (κ1) is 21.8. The second kappa shape index (κ2) is 10.8. The summed E-state index contributed by atoms with van der Waals surface area (Å²) in [6.07, 6.45) is 3.03. The molecule has 1 heterocycles. The highest BCUT2D eigenvalue weighted by Crippen LogP contribution is 2.24. The molecule has 2 unspecified atom stereocenters. The standard InChI is InChI=1S/C24H29NO5/c1-3-17-12-19(22-16-23(24(26)27)30-25-22)15-21(13-17)29-11-7-10-20(28-2)14-18-8-5-4-6-9-18/h4-6,8-9,12-13,15,20,23H,3,7,10-11,14,16H2,1-2H3,(H,26,27). The van der Waals surface area contributed by atoms with Gasteiger partial charge < -0.3 is 19.4 Å². The number of aliphatic carboxylic acids is 1. The Morgan fingerprint density at radius 3 is 2.70 bits per heavy atom. The van der Waals surface area contributed by atoms with E-state index in [9.17, 15) is 4.79 Å². The van der Waals surface area contributed by atoms with Crippen LogP contribution < -0.4 is 4.74 Å². The fourth-order valence-electron chi connectivity index (χ4n) is 3.48. The molecule has 0 fully saturated rings. The summed E-state index contributed by atoms with van der Waals surface area (Å²) in [5.41, 5.74) is 3.88. The average molecular weight is 411 g/mol. The topological polar surface area (TPSA) is 77.3 Å². The molecule has 6 heteroatoms. The van der Waals surface area contributed by atoms with Crippen molar-refractivity contribution in [3.05, 3.63) is 65.2 Å². The van der Waals surface area contributed by atoms with E-state index in [1.165, 1.54) is 5.56 Å². The van der Waals surface area contributed by atoms with Crippen LogP contribution in [-0.4, -0.2) is 42.7 Å². The number of rotatable bonds is 11. The number of carbonyl (C=O) groups is 1. The molecule has 3 rings (SSSR count). The summed E-state index contributed by atoms with van der Waals surface area (Å²) in [5.74, 6) is -0.233. The van der Waals surface area contributed by atoms with Gasteiger partial charge in [-0.3, -0.25) is 0 Å². The lowest BCUT2D eigenvalue weighted by Gasteiger charge is -2.16. The normalized spacial score (nSPS) is 16.6. The van der Waals surface area contributed by atoms with Gasteiger partial charge >= 0.3 is 5.97 Å². The Hall–Kier alpha value is -2.86. The SMILES string of the molecule is CCc1cc(OCCCC(Cc2ccccc2)OC)cc(C2=NOC(C(=O)O)C2)c1. The van der Waals surface area contributed by atoms with E-state index in [1.54, 1.807) is 7.11 Å². The zero-order valence-corrected chi connectivity index (χ0v) is 17.5. The van der Waals surface area contributed by atoms with E-state index < -0.39 is 12.1 Å². The number of carboxylic acids is 1. The fraction of sp³-hybridized carbons (Fsp3) is 0.417. The smallest absolute Gasteiger partial charge is 0.348 e. The van der Waals surface area contributed by atoms with E-state index >= 15 is 0 Å². The Labute approximate surface area is 177 Å². The average Bonchev–Trinajstić information content (AvgIpc) is 3.27. The van der Waals surface area contributed by atoms with Crippen molar-refractivity contribution in [1.29, 1.82) is 0 Å². The van der Waals surface area contributed by atoms with Crippen molar-refractivity contribution in [2.45, 2.75) is 51.2 Å². The van der Waals surface area contributed by atoms with Crippen molar-refractivity contribution < 1.29 is 24.2 Å². The van der Waals surface area contributed by atoms with Gasteiger partial charge in [0.1, 0.15) is 5.75 Å². The molecule has 6 nitrogen and oxygen atoms in total. The third-order valence-electron chi connectivity index (χ3n) is 5.23. The van der Waals surface area contributed by atoms with Crippen LogP contribution in [0.5, 0.6) is 5.75 Å². The second-order valence-electron chi connectivity index (χ2n) is 7.43. The van der Waals surface area contributed by atoms with Crippen molar-refractivity contribution in [2.24, 2.45) is 5.16 Å². The van der Waals surface area contributed by atoms with Crippen molar-refractivity contribution in [1.82, 2.24) is 0 Å². The third-order valence-corrected chi connectivity index (χ3v) is 5.23. The van der Waals surface area contributed by atoms with Gasteiger partial charge in [0.25, 0.3) is 0 Å². The molecule has 0 spiro atoms. The quantitative estimate of drug-likeness (QED) is 0.560. The Bertz CT molecular complexity index is 865. The number of aryl methyl sites for hydroxylation is 1. The molecule has 0 aliphatic carbocycles. The van der Waals surface area contributed by atoms with E-state index in [-0.39, 0.29) is 12.5 Å². The van der Waals surface area contributed by atoms with Crippen LogP contribution in [0.2, 0.25) is 0 Å². The highest BCUT2D eigenvalue weighted by Gasteiger charge is 2.28. The molecule has 0 saturated heterocycles. The molecule has 0 amide bonds. The summed E-state index contributed by atoms with van der Waals surface area (Å²) in [6.45, 7) is 2.66. The number of nitrogens with zero attached hydrogens (tertiary/aromatic N) is 1. The number of benzene rings is 2. The first-order valence-corrected chi connectivity index (χ1v) is 10.4. The van der Waals surface area contributed by atoms with Gasteiger partial charge in [-0.2, -0.15) is 0 Å². The molecule has 0 radical (unpaired) electrons. The van der Waals surface area contributed by atoms with E-state index in [0.717, 1.165) is 42.6 Å². The molecule has 2 atom stereocenters. The van der Waals surface area contributed by atoms with Gasteiger partial charge in [-0.25, -0.2) is 4.79 Å². The maximum atomic E-state index is 11.1. The van der Waals surface area contributed by atoms with E-state index in [0.29, 0.717) is 12.3 Å². The van der Waals surface area contributed by atoms with Crippen LogP contribution in [-0.2, 0) is 27.2 Å². The van der Waals surface area contributed by atoms with Crippen LogP contribution >= 0.6 is 0 Å². The van der Waals surface area contributed by atoms with Crippen molar-refractivity contribution in [3.8, 4) is 5.75 Å². The minimum Gasteiger partial charge on any atom is -0.494 e. The largest absolute Gasteiger partial charge is 0.494 e. The lowest BCUT2D eigenvalue weighted by atomic mass is 10.0. The monoisotopic (exact) mass is 411 g/mol. The van der Waals surface area contributed by atoms with Gasteiger partial charge in [0.2, 0.25) is 6.10 Å². The summed E-state index contributed by atoms with van der Waals surface area (Å²) in [5, 5.41) is 13.1. The van der Waals surface area contributed by atoms with Gasteiger partial charge in [0, 0.05) is 19.1 Å². The molecule has 0 saturated carbocycles. The summed E-state index contributed by atoms with van der Waals surface area (Å²) >= 11 is 0. The Balaban J connectivity index is 1.54. The van der Waals surface area contributed by atoms with Crippen LogP contribution in [0.3, 0.4) is 0 Å². The molecule has 2 aromatic rings. The Kier molecular flexibility index (Phi) is 7.85. The van der Waals surface area contributed by atoms with E-state index in [1.807, 2.05) is 36.4 Å². The predicted octanol–water partition coefficient (Wildman–Crippen LogP) is 4.24. The minimum absolute atomic E-state index is 0.159. The molecule has 0 aromatic heterocycles. The molecular formula is C24H29NO5. The number of hydrogen-bond acceptors (Lipinski definition) is 5. The fourth-order valence-corrected chi connectivity index (χ4v) is 3.48. The molecule has 0 bridgehead atoms. The number of oxime groups is 1. The number of carboxylic acid groups (broad SMARTS) is 1. The van der Waals surface area contributed by atoms with Crippen LogP contribution in [0.15, 0.2) is 53.7 Å². The first-order chi connectivity index (χ1) is 14.6. The molecule has 30 heavy (non-hydrogen) atoms. The number of methoxy groups -OCH3 is 1. The van der Waals surface area contributed by atoms with E-state index in [4.69, 9.17) is 19.4 Å². The van der Waals surface area contributed by atoms with Gasteiger partial charge in [0.05, 0.1) is 18.4 Å². The third kappa shape index (κ3) is 6.07. The predicted molar refractivity (Wildman–Crippen MR) is 115 cm³/mol. The number of ether oxygens (including phenoxy) is 2. The summed E-state index contributed by atoms with van der Waals surface area (Å²) in [6, 6.07) is 16.3. The zero-order valence-electron chi connectivity index (χ0n) is 17.5. The van der Waals surface area contributed by atoms with Gasteiger partial charge in [0.15, 0.2) is 0 Å². The maximum absolute atomic E-state index is 11.1. The van der Waals surface area contributed by atoms with Gasteiger partial charge in [-0.05, 0) is 55.0 Å². The Morgan fingerprint density at radius 1 is 1.23 bits per heavy atom. The number of hydrogen-bond donors (Lipinski definition) is 1. The lowest BCUT2D eigenvalue weighted by Crippen LogP contribution is -2.20. The van der Waals surface area contributed by atoms with Crippen LogP contribution in [0.4, 0.5) is 0 Å². The zero-order chi connectivity index (χ0) is 21.3. The summed E-state index contributed by atoms with van der Waals surface area (Å²) in [7, 11) is 1.75. The molecular weight excluding hydrogens is 382 g/mol. The highest BCUT2D eigenvalue weighted by atomic mass is 16.7. The minimum atomic E-state index is -1.000. The van der Waals surface area contributed by atoms with Crippen LogP contribution in [0, 0.1) is 0 Å². The van der Waals surface area contributed by atoms with E-state index in [2.05, 4.69) is 24.2 Å². The first-order valence-electron chi connectivity index (χ1n) is 10.4. The van der Waals surface area contributed by atoms with Gasteiger partial charge in [-0.15, -0.1) is 0 Å². The maximum Gasteiger partial charge on any atom is 0.348 e. The van der Waals surface area contributed by atoms with Crippen molar-refractivity contribution >= 4 is 11.7 Å². The summed E-state index contributed by atoms with van der Waals surface area (Å²) < 4.78 is 11.6. The molecule has 1 N–H and O–H groups in total. The highest BCUT2D eigenvalue weighted by molar-refractivity contribution is 6.03. The Morgan fingerprint density at radius 2 is 2.03 bits per heavy atom. The molecule has 2 aromatic carbocycles. The lowest BCUT2D eigenvalue weighted by molar-refractivity contribution is -0.148. The van der Waals surface area contributed by atoms with Crippen LogP contribution in [0.25, 0.3) is 0 Å². The molecule has 160 valence electrons. The summed E-state index contributed by atoms with van der Waals surface area (Å²) in [4.78, 5) is 16.1. The second-order valence-corrected chi connectivity index (χ2v) is 7.43. The molecule has 1 aliphatic rings. The van der Waals surface area contributed by atoms with Crippen LogP contribution in [0.1, 0.15) is 42.9 Å².